The number of carbonyl (C=O) groups is 2. The minimum absolute atomic E-state index is 0.0532. The summed E-state index contributed by atoms with van der Waals surface area (Å²) in [5, 5.41) is 7.80. The van der Waals surface area contributed by atoms with Crippen LogP contribution in [0, 0.1) is 18.7 Å². The molecule has 5 rings (SSSR count). The summed E-state index contributed by atoms with van der Waals surface area (Å²) in [4.78, 5) is 32.9. The van der Waals surface area contributed by atoms with Crippen molar-refractivity contribution in [2.45, 2.75) is 57.9 Å². The Balaban J connectivity index is 1.40. The number of hydrogen-bond acceptors (Lipinski definition) is 5. The number of nitrogens with one attached hydrogen (secondary N) is 1. The Morgan fingerprint density at radius 3 is 2.62 bits per heavy atom. The number of amides is 2. The first-order valence-electron chi connectivity index (χ1n) is 12.1. The summed E-state index contributed by atoms with van der Waals surface area (Å²) < 4.78 is 18.8. The van der Waals surface area contributed by atoms with Crippen molar-refractivity contribution in [1.82, 2.24) is 20.4 Å². The summed E-state index contributed by atoms with van der Waals surface area (Å²) in [6.45, 7) is 2.75. The van der Waals surface area contributed by atoms with Crippen molar-refractivity contribution >= 4 is 22.9 Å². The SMILES string of the molecule is Cc1noc2nc(-c3ccc(F)cc3)cc(C(=O)N3CCCC(C(=O)NC4CCCCC4)C3)c12. The van der Waals surface area contributed by atoms with Gasteiger partial charge in [-0.3, -0.25) is 9.59 Å². The third-order valence-corrected chi connectivity index (χ3v) is 7.02. The summed E-state index contributed by atoms with van der Waals surface area (Å²) >= 11 is 0. The van der Waals surface area contributed by atoms with E-state index in [1.54, 1.807) is 30.0 Å². The molecule has 1 unspecified atom stereocenters. The van der Waals surface area contributed by atoms with Crippen molar-refractivity contribution in [3.63, 3.8) is 0 Å². The molecular weight excluding hydrogens is 435 g/mol. The van der Waals surface area contributed by atoms with Crippen LogP contribution in [0.15, 0.2) is 34.9 Å². The Bertz CT molecular complexity index is 1200. The standard InChI is InChI=1S/C26H29FN4O3/c1-16-23-21(14-22(29-25(23)34-30-16)17-9-11-19(27)12-10-17)26(33)31-13-5-6-18(15-31)24(32)28-20-7-3-2-4-8-20/h9-12,14,18,20H,2-8,13,15H2,1H3,(H,28,32). The van der Waals surface area contributed by atoms with E-state index in [2.05, 4.69) is 15.5 Å². The summed E-state index contributed by atoms with van der Waals surface area (Å²) in [5.41, 5.74) is 2.48. The number of aromatic nitrogens is 2. The van der Waals surface area contributed by atoms with Crippen molar-refractivity contribution in [2.75, 3.05) is 13.1 Å². The van der Waals surface area contributed by atoms with Crippen LogP contribution in [0.5, 0.6) is 0 Å². The Hall–Kier alpha value is -3.29. The number of benzene rings is 1. The van der Waals surface area contributed by atoms with Crippen molar-refractivity contribution in [3.05, 3.63) is 47.4 Å². The van der Waals surface area contributed by atoms with Crippen LogP contribution < -0.4 is 5.32 Å². The molecule has 3 heterocycles. The molecule has 0 bridgehead atoms. The second-order valence-corrected chi connectivity index (χ2v) is 9.44. The Kier molecular flexibility index (Phi) is 6.30. The van der Waals surface area contributed by atoms with Crippen molar-refractivity contribution in [3.8, 4) is 11.3 Å². The number of pyridine rings is 1. The predicted molar refractivity (Wildman–Crippen MR) is 126 cm³/mol. The van der Waals surface area contributed by atoms with Crippen molar-refractivity contribution < 1.29 is 18.5 Å². The van der Waals surface area contributed by atoms with Gasteiger partial charge < -0.3 is 14.7 Å². The number of fused-ring (bicyclic) bond motifs is 1. The molecule has 7 nitrogen and oxygen atoms in total. The molecule has 1 aromatic carbocycles. The quantitative estimate of drug-likeness (QED) is 0.608. The van der Waals surface area contributed by atoms with Gasteiger partial charge in [0.1, 0.15) is 5.82 Å². The van der Waals surface area contributed by atoms with E-state index < -0.39 is 0 Å². The van der Waals surface area contributed by atoms with E-state index in [0.29, 0.717) is 41.0 Å². The fourth-order valence-corrected chi connectivity index (χ4v) is 5.14. The van der Waals surface area contributed by atoms with Crippen molar-refractivity contribution in [2.24, 2.45) is 5.92 Å². The highest BCUT2D eigenvalue weighted by Crippen LogP contribution is 2.29. The molecule has 1 aliphatic carbocycles. The fourth-order valence-electron chi connectivity index (χ4n) is 5.14. The second-order valence-electron chi connectivity index (χ2n) is 9.44. The molecule has 1 atom stereocenters. The number of halogens is 1. The third kappa shape index (κ3) is 4.54. The first-order valence-corrected chi connectivity index (χ1v) is 12.1. The molecular formula is C26H29FN4O3. The van der Waals surface area contributed by atoms with Crippen LogP contribution >= 0.6 is 0 Å². The van der Waals surface area contributed by atoms with Gasteiger partial charge in [-0.2, -0.15) is 0 Å². The molecule has 2 amide bonds. The van der Waals surface area contributed by atoms with Crippen LogP contribution in [0.3, 0.4) is 0 Å². The van der Waals surface area contributed by atoms with Crippen LogP contribution in [0.2, 0.25) is 0 Å². The minimum Gasteiger partial charge on any atom is -0.353 e. The first kappa shape index (κ1) is 22.5. The smallest absolute Gasteiger partial charge is 0.259 e. The van der Waals surface area contributed by atoms with E-state index in [1.165, 1.54) is 18.6 Å². The lowest BCUT2D eigenvalue weighted by Gasteiger charge is -2.33. The van der Waals surface area contributed by atoms with Crippen LogP contribution in [0.25, 0.3) is 22.4 Å². The maximum Gasteiger partial charge on any atom is 0.259 e. The van der Waals surface area contributed by atoms with E-state index in [-0.39, 0.29) is 35.3 Å². The van der Waals surface area contributed by atoms with Gasteiger partial charge in [0.25, 0.3) is 11.6 Å². The average Bonchev–Trinajstić information content (AvgIpc) is 3.25. The lowest BCUT2D eigenvalue weighted by molar-refractivity contribution is -0.127. The summed E-state index contributed by atoms with van der Waals surface area (Å²) in [6, 6.07) is 7.92. The largest absolute Gasteiger partial charge is 0.353 e. The zero-order chi connectivity index (χ0) is 23.7. The molecule has 1 saturated carbocycles. The topological polar surface area (TPSA) is 88.3 Å². The van der Waals surface area contributed by atoms with E-state index in [1.807, 2.05) is 0 Å². The highest BCUT2D eigenvalue weighted by atomic mass is 19.1. The number of rotatable bonds is 4. The third-order valence-electron chi connectivity index (χ3n) is 7.02. The Labute approximate surface area is 197 Å². The molecule has 1 aliphatic heterocycles. The fraction of sp³-hybridized carbons (Fsp3) is 0.462. The number of hydrogen-bond donors (Lipinski definition) is 1. The van der Waals surface area contributed by atoms with Gasteiger partial charge in [0, 0.05) is 24.7 Å². The molecule has 2 aromatic heterocycles. The molecule has 1 N–H and O–H groups in total. The summed E-state index contributed by atoms with van der Waals surface area (Å²) in [5.74, 6) is -0.672. The highest BCUT2D eigenvalue weighted by Gasteiger charge is 2.32. The first-order chi connectivity index (χ1) is 16.5. The summed E-state index contributed by atoms with van der Waals surface area (Å²) in [6.07, 6.45) is 7.18. The van der Waals surface area contributed by atoms with Crippen LogP contribution in [0.4, 0.5) is 4.39 Å². The lowest BCUT2D eigenvalue weighted by Crippen LogP contribution is -2.48. The van der Waals surface area contributed by atoms with Crippen LogP contribution in [-0.2, 0) is 4.79 Å². The molecule has 1 saturated heterocycles. The van der Waals surface area contributed by atoms with E-state index in [4.69, 9.17) is 4.52 Å². The van der Waals surface area contributed by atoms with Gasteiger partial charge in [0.2, 0.25) is 5.91 Å². The molecule has 0 radical (unpaired) electrons. The second kappa shape index (κ2) is 9.52. The molecule has 34 heavy (non-hydrogen) atoms. The zero-order valence-electron chi connectivity index (χ0n) is 19.3. The monoisotopic (exact) mass is 464 g/mol. The van der Waals surface area contributed by atoms with Gasteiger partial charge in [-0.05, 0) is 62.9 Å². The molecule has 178 valence electrons. The van der Waals surface area contributed by atoms with Gasteiger partial charge in [0.15, 0.2) is 0 Å². The molecule has 8 heteroatoms. The maximum atomic E-state index is 13.7. The van der Waals surface area contributed by atoms with Gasteiger partial charge >= 0.3 is 0 Å². The maximum absolute atomic E-state index is 13.7. The predicted octanol–water partition coefficient (Wildman–Crippen LogP) is 4.64. The Morgan fingerprint density at radius 1 is 1.09 bits per heavy atom. The lowest BCUT2D eigenvalue weighted by atomic mass is 9.92. The Morgan fingerprint density at radius 2 is 1.85 bits per heavy atom. The number of carbonyl (C=O) groups excluding carboxylic acids is 2. The van der Waals surface area contributed by atoms with Crippen molar-refractivity contribution in [1.29, 1.82) is 0 Å². The molecule has 2 fully saturated rings. The number of aryl methyl sites for hydroxylation is 1. The minimum atomic E-state index is -0.345. The van der Waals surface area contributed by atoms with Crippen LogP contribution in [0.1, 0.15) is 61.0 Å². The van der Waals surface area contributed by atoms with Crippen LogP contribution in [-0.4, -0.2) is 46.0 Å². The molecule has 2 aliphatic rings. The molecule has 3 aromatic rings. The summed E-state index contributed by atoms with van der Waals surface area (Å²) in [7, 11) is 0. The average molecular weight is 465 g/mol. The van der Waals surface area contributed by atoms with E-state index in [9.17, 15) is 14.0 Å². The zero-order valence-corrected chi connectivity index (χ0v) is 19.3. The number of piperidine rings is 1. The van der Waals surface area contributed by atoms with Gasteiger partial charge in [0.05, 0.1) is 28.3 Å². The number of nitrogens with zero attached hydrogens (tertiary/aromatic N) is 3. The van der Waals surface area contributed by atoms with E-state index in [0.717, 1.165) is 38.5 Å². The number of likely N-dealkylation sites (tertiary alicyclic amines) is 1. The van der Waals surface area contributed by atoms with Gasteiger partial charge in [-0.25, -0.2) is 9.37 Å². The highest BCUT2D eigenvalue weighted by molar-refractivity contribution is 6.07. The van der Waals surface area contributed by atoms with Gasteiger partial charge in [-0.15, -0.1) is 0 Å². The normalized spacial score (nSPS) is 19.4. The van der Waals surface area contributed by atoms with Gasteiger partial charge in [-0.1, -0.05) is 24.4 Å². The van der Waals surface area contributed by atoms with E-state index >= 15 is 0 Å². The molecule has 0 spiro atoms.